The lowest BCUT2D eigenvalue weighted by Crippen LogP contribution is -2.27. The maximum Gasteiger partial charge on any atom is 0.224 e. The number of ether oxygens (including phenoxy) is 3. The van der Waals surface area contributed by atoms with Crippen molar-refractivity contribution >= 4 is 29.3 Å². The third-order valence-corrected chi connectivity index (χ3v) is 4.86. The maximum absolute atomic E-state index is 12.2. The van der Waals surface area contributed by atoms with Gasteiger partial charge >= 0.3 is 0 Å². The monoisotopic (exact) mass is 395 g/mol. The van der Waals surface area contributed by atoms with E-state index in [-0.39, 0.29) is 12.3 Å². The molecule has 0 aliphatic rings. The van der Waals surface area contributed by atoms with Gasteiger partial charge in [-0.25, -0.2) is 0 Å². The molecule has 140 valence electrons. The molecule has 0 saturated carbocycles. The van der Waals surface area contributed by atoms with Gasteiger partial charge in [0.25, 0.3) is 0 Å². The minimum atomic E-state index is -0.0593. The number of halogens is 1. The number of methoxy groups -OCH3 is 3. The second-order valence-electron chi connectivity index (χ2n) is 5.36. The zero-order chi connectivity index (χ0) is 18.9. The Morgan fingerprint density at radius 1 is 1.04 bits per heavy atom. The minimum absolute atomic E-state index is 0.0593. The van der Waals surface area contributed by atoms with Crippen molar-refractivity contribution in [3.8, 4) is 17.2 Å². The molecular weight excluding hydrogens is 374 g/mol. The fourth-order valence-electron chi connectivity index (χ4n) is 2.38. The van der Waals surface area contributed by atoms with Gasteiger partial charge in [-0.05, 0) is 42.0 Å². The zero-order valence-electron chi connectivity index (χ0n) is 15.0. The predicted octanol–water partition coefficient (Wildman–Crippen LogP) is 3.82. The summed E-state index contributed by atoms with van der Waals surface area (Å²) < 4.78 is 15.9. The Balaban J connectivity index is 1.86. The lowest BCUT2D eigenvalue weighted by Gasteiger charge is -2.14. The average Bonchev–Trinajstić information content (AvgIpc) is 2.65. The molecule has 0 radical (unpaired) electrons. The summed E-state index contributed by atoms with van der Waals surface area (Å²) in [6.45, 7) is 0.580. The van der Waals surface area contributed by atoms with Gasteiger partial charge in [-0.2, -0.15) is 0 Å². The van der Waals surface area contributed by atoms with Gasteiger partial charge in [0, 0.05) is 22.2 Å². The Labute approximate surface area is 163 Å². The standard InChI is InChI=1S/C19H22ClNO4S/c1-23-16-10-13(11-17(24-2)19(16)25-3)12-18(22)21-8-9-26-15-6-4-14(20)5-7-15/h4-7,10-11H,8-9,12H2,1-3H3,(H,21,22). The average molecular weight is 396 g/mol. The van der Waals surface area contributed by atoms with Gasteiger partial charge in [-0.1, -0.05) is 11.6 Å². The van der Waals surface area contributed by atoms with Crippen LogP contribution in [-0.2, 0) is 11.2 Å². The molecule has 0 heterocycles. The predicted molar refractivity (Wildman–Crippen MR) is 105 cm³/mol. The number of rotatable bonds is 9. The molecule has 2 aromatic carbocycles. The third-order valence-electron chi connectivity index (χ3n) is 3.60. The first-order valence-electron chi connectivity index (χ1n) is 8.01. The van der Waals surface area contributed by atoms with Crippen LogP contribution in [0.3, 0.4) is 0 Å². The van der Waals surface area contributed by atoms with Crippen molar-refractivity contribution in [2.75, 3.05) is 33.6 Å². The van der Waals surface area contributed by atoms with Gasteiger partial charge < -0.3 is 19.5 Å². The first-order chi connectivity index (χ1) is 12.6. The molecule has 7 heteroatoms. The van der Waals surface area contributed by atoms with Crippen molar-refractivity contribution in [1.29, 1.82) is 0 Å². The summed E-state index contributed by atoms with van der Waals surface area (Å²) in [4.78, 5) is 13.3. The summed E-state index contributed by atoms with van der Waals surface area (Å²) in [6, 6.07) is 11.2. The summed E-state index contributed by atoms with van der Waals surface area (Å²) >= 11 is 7.53. The molecule has 0 unspecified atom stereocenters. The van der Waals surface area contributed by atoms with Crippen molar-refractivity contribution < 1.29 is 19.0 Å². The van der Waals surface area contributed by atoms with Crippen molar-refractivity contribution in [2.45, 2.75) is 11.3 Å². The second-order valence-corrected chi connectivity index (χ2v) is 6.97. The molecule has 0 aliphatic carbocycles. The normalized spacial score (nSPS) is 10.3. The molecule has 0 fully saturated rings. The molecule has 0 spiro atoms. The number of thioether (sulfide) groups is 1. The van der Waals surface area contributed by atoms with E-state index >= 15 is 0 Å². The molecule has 0 aromatic heterocycles. The largest absolute Gasteiger partial charge is 0.493 e. The zero-order valence-corrected chi connectivity index (χ0v) is 16.6. The molecule has 1 amide bonds. The number of benzene rings is 2. The Morgan fingerprint density at radius 3 is 2.19 bits per heavy atom. The SMILES string of the molecule is COc1cc(CC(=O)NCCSc2ccc(Cl)cc2)cc(OC)c1OC. The second kappa shape index (κ2) is 10.2. The highest BCUT2D eigenvalue weighted by molar-refractivity contribution is 7.99. The van der Waals surface area contributed by atoms with Gasteiger partial charge in [-0.15, -0.1) is 11.8 Å². The van der Waals surface area contributed by atoms with Gasteiger partial charge in [-0.3, -0.25) is 4.79 Å². The number of amides is 1. The number of carbonyl (C=O) groups is 1. The van der Waals surface area contributed by atoms with E-state index in [1.807, 2.05) is 24.3 Å². The molecule has 2 aromatic rings. The fraction of sp³-hybridized carbons (Fsp3) is 0.316. The number of hydrogen-bond acceptors (Lipinski definition) is 5. The van der Waals surface area contributed by atoms with Crippen LogP contribution in [-0.4, -0.2) is 39.5 Å². The Hall–Kier alpha value is -2.05. The van der Waals surface area contributed by atoms with Crippen LogP contribution in [0.25, 0.3) is 0 Å². The van der Waals surface area contributed by atoms with Crippen LogP contribution in [0.1, 0.15) is 5.56 Å². The quantitative estimate of drug-likeness (QED) is 0.516. The highest BCUT2D eigenvalue weighted by atomic mass is 35.5. The lowest BCUT2D eigenvalue weighted by molar-refractivity contribution is -0.120. The number of nitrogens with one attached hydrogen (secondary N) is 1. The lowest BCUT2D eigenvalue weighted by atomic mass is 10.1. The van der Waals surface area contributed by atoms with E-state index in [2.05, 4.69) is 5.32 Å². The van der Waals surface area contributed by atoms with Crippen molar-refractivity contribution in [3.05, 3.63) is 47.0 Å². The van der Waals surface area contributed by atoms with Crippen LogP contribution in [0.5, 0.6) is 17.2 Å². The van der Waals surface area contributed by atoms with Crippen molar-refractivity contribution in [2.24, 2.45) is 0 Å². The van der Waals surface area contributed by atoms with Crippen LogP contribution >= 0.6 is 23.4 Å². The molecule has 0 atom stereocenters. The topological polar surface area (TPSA) is 56.8 Å². The number of hydrogen-bond donors (Lipinski definition) is 1. The molecule has 26 heavy (non-hydrogen) atoms. The Bertz CT molecular complexity index is 712. The van der Waals surface area contributed by atoms with E-state index in [0.29, 0.717) is 28.8 Å². The Morgan fingerprint density at radius 2 is 1.65 bits per heavy atom. The van der Waals surface area contributed by atoms with E-state index in [1.165, 1.54) is 0 Å². The first kappa shape index (κ1) is 20.3. The van der Waals surface area contributed by atoms with E-state index in [9.17, 15) is 4.79 Å². The molecule has 0 saturated heterocycles. The van der Waals surface area contributed by atoms with Gasteiger partial charge in [0.1, 0.15) is 0 Å². The van der Waals surface area contributed by atoms with Crippen molar-refractivity contribution in [1.82, 2.24) is 5.32 Å². The van der Waals surface area contributed by atoms with E-state index in [1.54, 1.807) is 45.2 Å². The number of carbonyl (C=O) groups excluding carboxylic acids is 1. The summed E-state index contributed by atoms with van der Waals surface area (Å²) in [7, 11) is 4.65. The van der Waals surface area contributed by atoms with Crippen LogP contribution in [0.2, 0.25) is 5.02 Å². The molecule has 1 N–H and O–H groups in total. The summed E-state index contributed by atoms with van der Waals surface area (Å²) in [5.41, 5.74) is 0.794. The molecular formula is C19H22ClNO4S. The third kappa shape index (κ3) is 5.75. The summed E-state index contributed by atoms with van der Waals surface area (Å²) in [6.07, 6.45) is 0.238. The first-order valence-corrected chi connectivity index (χ1v) is 9.37. The Kier molecular flexibility index (Phi) is 7.94. The van der Waals surface area contributed by atoms with E-state index < -0.39 is 0 Å². The minimum Gasteiger partial charge on any atom is -0.493 e. The smallest absolute Gasteiger partial charge is 0.224 e. The highest BCUT2D eigenvalue weighted by Gasteiger charge is 2.14. The fourth-order valence-corrected chi connectivity index (χ4v) is 3.27. The summed E-state index contributed by atoms with van der Waals surface area (Å²) in [5.74, 6) is 2.30. The van der Waals surface area contributed by atoms with Gasteiger partial charge in [0.05, 0.1) is 27.8 Å². The van der Waals surface area contributed by atoms with Crippen LogP contribution in [0, 0.1) is 0 Å². The van der Waals surface area contributed by atoms with Crippen LogP contribution < -0.4 is 19.5 Å². The molecule has 0 aliphatic heterocycles. The van der Waals surface area contributed by atoms with Crippen molar-refractivity contribution in [3.63, 3.8) is 0 Å². The highest BCUT2D eigenvalue weighted by Crippen LogP contribution is 2.38. The van der Waals surface area contributed by atoms with E-state index in [4.69, 9.17) is 25.8 Å². The van der Waals surface area contributed by atoms with Crippen LogP contribution in [0.4, 0.5) is 0 Å². The molecule has 2 rings (SSSR count). The maximum atomic E-state index is 12.2. The van der Waals surface area contributed by atoms with Gasteiger partial charge in [0.2, 0.25) is 11.7 Å². The van der Waals surface area contributed by atoms with Gasteiger partial charge in [0.15, 0.2) is 11.5 Å². The van der Waals surface area contributed by atoms with E-state index in [0.717, 1.165) is 16.2 Å². The molecule has 0 bridgehead atoms. The van der Waals surface area contributed by atoms with Crippen LogP contribution in [0.15, 0.2) is 41.3 Å². The molecule has 5 nitrogen and oxygen atoms in total. The summed E-state index contributed by atoms with van der Waals surface area (Å²) in [5, 5.41) is 3.63.